The lowest BCUT2D eigenvalue weighted by Gasteiger charge is -2.39. The third kappa shape index (κ3) is 4.64. The molecule has 0 bridgehead atoms. The predicted octanol–water partition coefficient (Wildman–Crippen LogP) is 3.44. The van der Waals surface area contributed by atoms with Crippen LogP contribution < -0.4 is 10.1 Å². The van der Waals surface area contributed by atoms with E-state index < -0.39 is 11.7 Å². The fourth-order valence-electron chi connectivity index (χ4n) is 2.22. The quantitative estimate of drug-likeness (QED) is 0.860. The van der Waals surface area contributed by atoms with E-state index in [1.54, 1.807) is 4.90 Å². The highest BCUT2D eigenvalue weighted by Crippen LogP contribution is 2.30. The highest BCUT2D eigenvalue weighted by atomic mass is 19.4. The number of urea groups is 1. The zero-order valence-corrected chi connectivity index (χ0v) is 12.9. The number of allylic oxidation sites excluding steroid dienone is 1. The van der Waals surface area contributed by atoms with Gasteiger partial charge in [-0.1, -0.05) is 12.2 Å². The molecule has 1 N–H and O–H groups in total. The highest BCUT2D eigenvalue weighted by molar-refractivity contribution is 5.75. The molecule has 23 heavy (non-hydrogen) atoms. The van der Waals surface area contributed by atoms with Crippen LogP contribution in [-0.2, 0) is 6.18 Å². The first-order chi connectivity index (χ1) is 10.8. The Kier molecular flexibility index (Phi) is 5.18. The second kappa shape index (κ2) is 6.93. The van der Waals surface area contributed by atoms with E-state index in [-0.39, 0.29) is 18.2 Å². The number of benzene rings is 1. The van der Waals surface area contributed by atoms with Crippen molar-refractivity contribution < 1.29 is 22.7 Å². The maximum atomic E-state index is 12.5. The van der Waals surface area contributed by atoms with Gasteiger partial charge in [-0.3, -0.25) is 0 Å². The first-order valence-electron chi connectivity index (χ1n) is 7.31. The molecule has 1 aromatic rings. The van der Waals surface area contributed by atoms with Gasteiger partial charge in [0.1, 0.15) is 11.9 Å². The lowest BCUT2D eigenvalue weighted by molar-refractivity contribution is -0.137. The van der Waals surface area contributed by atoms with Crippen LogP contribution in [0, 0.1) is 0 Å². The third-order valence-electron chi connectivity index (χ3n) is 3.45. The zero-order valence-electron chi connectivity index (χ0n) is 12.9. The Morgan fingerprint density at radius 2 is 1.96 bits per heavy atom. The molecular formula is C16H19F3N2O2. The lowest BCUT2D eigenvalue weighted by atomic mass is 10.1. The summed E-state index contributed by atoms with van der Waals surface area (Å²) in [5, 5.41) is 2.81. The summed E-state index contributed by atoms with van der Waals surface area (Å²) in [7, 11) is 0. The zero-order chi connectivity index (χ0) is 17.0. The topological polar surface area (TPSA) is 41.6 Å². The van der Waals surface area contributed by atoms with Crippen LogP contribution >= 0.6 is 0 Å². The van der Waals surface area contributed by atoms with Gasteiger partial charge >= 0.3 is 12.2 Å². The number of halogens is 3. The molecule has 1 heterocycles. The normalized spacial score (nSPS) is 17.0. The Bertz CT molecular complexity index is 564. The maximum absolute atomic E-state index is 12.5. The average molecular weight is 328 g/mol. The van der Waals surface area contributed by atoms with Gasteiger partial charge in [0.25, 0.3) is 0 Å². The summed E-state index contributed by atoms with van der Waals surface area (Å²) in [4.78, 5) is 13.5. The molecule has 1 aromatic carbocycles. The summed E-state index contributed by atoms with van der Waals surface area (Å²) in [6, 6.07) is 4.32. The van der Waals surface area contributed by atoms with Crippen LogP contribution in [-0.4, -0.2) is 36.2 Å². The largest absolute Gasteiger partial charge is 0.487 e. The second-order valence-electron chi connectivity index (χ2n) is 5.43. The van der Waals surface area contributed by atoms with Crippen LogP contribution in [0.4, 0.5) is 18.0 Å². The van der Waals surface area contributed by atoms with Gasteiger partial charge in [-0.15, -0.1) is 0 Å². The van der Waals surface area contributed by atoms with Crippen LogP contribution in [0.5, 0.6) is 5.75 Å². The highest BCUT2D eigenvalue weighted by Gasteiger charge is 2.33. The smallest absolute Gasteiger partial charge is 0.416 e. The van der Waals surface area contributed by atoms with Crippen molar-refractivity contribution in [2.45, 2.75) is 32.2 Å². The molecule has 0 aliphatic carbocycles. The van der Waals surface area contributed by atoms with Gasteiger partial charge in [-0.05, 0) is 38.1 Å². The van der Waals surface area contributed by atoms with Crippen LogP contribution in [0.3, 0.4) is 0 Å². The average Bonchev–Trinajstić information content (AvgIpc) is 2.42. The number of hydrogen-bond acceptors (Lipinski definition) is 2. The van der Waals surface area contributed by atoms with Crippen molar-refractivity contribution in [3.05, 3.63) is 42.0 Å². The molecule has 1 atom stereocenters. The fourth-order valence-corrected chi connectivity index (χ4v) is 2.22. The molecule has 1 aliphatic heterocycles. The Morgan fingerprint density at radius 1 is 1.35 bits per heavy atom. The maximum Gasteiger partial charge on any atom is 0.416 e. The number of amides is 2. The SMILES string of the molecule is CC=C[C@H](C)NC(=O)N1CC(Oc2ccc(C(F)(F)F)cc2)C1. The monoisotopic (exact) mass is 328 g/mol. The fraction of sp³-hybridized carbons (Fsp3) is 0.438. The summed E-state index contributed by atoms with van der Waals surface area (Å²) in [5.41, 5.74) is -0.711. The van der Waals surface area contributed by atoms with Crippen molar-refractivity contribution >= 4 is 6.03 Å². The van der Waals surface area contributed by atoms with Crippen LogP contribution in [0.2, 0.25) is 0 Å². The van der Waals surface area contributed by atoms with E-state index in [4.69, 9.17) is 4.74 Å². The number of carbonyl (C=O) groups excluding carboxylic acids is 1. The standard InChI is InChI=1S/C16H19F3N2O2/c1-3-4-11(2)20-15(22)21-9-14(10-21)23-13-7-5-12(6-8-13)16(17,18)19/h3-8,11,14H,9-10H2,1-2H3,(H,20,22)/t11-/m0/s1. The minimum Gasteiger partial charge on any atom is -0.487 e. The van der Waals surface area contributed by atoms with Crippen molar-refractivity contribution in [1.82, 2.24) is 10.2 Å². The van der Waals surface area contributed by atoms with E-state index in [9.17, 15) is 18.0 Å². The van der Waals surface area contributed by atoms with Crippen LogP contribution in [0.1, 0.15) is 19.4 Å². The summed E-state index contributed by atoms with van der Waals surface area (Å²) >= 11 is 0. The summed E-state index contributed by atoms with van der Waals surface area (Å²) < 4.78 is 42.9. The first-order valence-corrected chi connectivity index (χ1v) is 7.31. The number of ether oxygens (including phenoxy) is 1. The first kappa shape index (κ1) is 17.2. The summed E-state index contributed by atoms with van der Waals surface area (Å²) in [5.74, 6) is 0.366. The Labute approximate surface area is 132 Å². The van der Waals surface area contributed by atoms with Crippen molar-refractivity contribution in [2.24, 2.45) is 0 Å². The van der Waals surface area contributed by atoms with E-state index in [0.717, 1.165) is 12.1 Å². The molecule has 0 radical (unpaired) electrons. The summed E-state index contributed by atoms with van der Waals surface area (Å²) in [6.07, 6.45) is -0.826. The van der Waals surface area contributed by atoms with Crippen LogP contribution in [0.15, 0.2) is 36.4 Å². The number of nitrogens with zero attached hydrogens (tertiary/aromatic N) is 1. The Balaban J connectivity index is 1.79. The van der Waals surface area contributed by atoms with E-state index in [1.165, 1.54) is 12.1 Å². The predicted molar refractivity (Wildman–Crippen MR) is 80.2 cm³/mol. The number of nitrogens with one attached hydrogen (secondary N) is 1. The van der Waals surface area contributed by atoms with Gasteiger partial charge in [0.2, 0.25) is 0 Å². The lowest BCUT2D eigenvalue weighted by Crippen LogP contribution is -2.59. The summed E-state index contributed by atoms with van der Waals surface area (Å²) in [6.45, 7) is 4.57. The van der Waals surface area contributed by atoms with Crippen molar-refractivity contribution in [3.63, 3.8) is 0 Å². The number of likely N-dealkylation sites (tertiary alicyclic amines) is 1. The number of hydrogen-bond donors (Lipinski definition) is 1. The van der Waals surface area contributed by atoms with E-state index in [1.807, 2.05) is 26.0 Å². The second-order valence-corrected chi connectivity index (χ2v) is 5.43. The Hall–Kier alpha value is -2.18. The molecule has 1 aliphatic rings. The molecule has 4 nitrogen and oxygen atoms in total. The van der Waals surface area contributed by atoms with Crippen molar-refractivity contribution in [3.8, 4) is 5.75 Å². The molecule has 0 aromatic heterocycles. The minimum absolute atomic E-state index is 0.0534. The molecule has 126 valence electrons. The molecule has 0 spiro atoms. The molecule has 1 fully saturated rings. The van der Waals surface area contributed by atoms with E-state index in [2.05, 4.69) is 5.32 Å². The molecule has 2 amide bonds. The van der Waals surface area contributed by atoms with Gasteiger partial charge in [-0.25, -0.2) is 4.79 Å². The molecule has 7 heteroatoms. The minimum atomic E-state index is -4.35. The third-order valence-corrected chi connectivity index (χ3v) is 3.45. The number of rotatable bonds is 4. The van der Waals surface area contributed by atoms with E-state index >= 15 is 0 Å². The molecule has 1 saturated heterocycles. The van der Waals surface area contributed by atoms with Gasteiger partial charge in [0.05, 0.1) is 18.7 Å². The van der Waals surface area contributed by atoms with E-state index in [0.29, 0.717) is 18.8 Å². The molecule has 0 unspecified atom stereocenters. The number of alkyl halides is 3. The molecule has 0 saturated carbocycles. The van der Waals surface area contributed by atoms with Crippen molar-refractivity contribution in [2.75, 3.05) is 13.1 Å². The van der Waals surface area contributed by atoms with Gasteiger partial charge in [0, 0.05) is 6.04 Å². The molecule has 2 rings (SSSR count). The Morgan fingerprint density at radius 3 is 2.48 bits per heavy atom. The van der Waals surface area contributed by atoms with Crippen molar-refractivity contribution in [1.29, 1.82) is 0 Å². The van der Waals surface area contributed by atoms with Gasteiger partial charge < -0.3 is 15.0 Å². The van der Waals surface area contributed by atoms with Crippen LogP contribution in [0.25, 0.3) is 0 Å². The number of carbonyl (C=O) groups is 1. The van der Waals surface area contributed by atoms with Gasteiger partial charge in [-0.2, -0.15) is 13.2 Å². The van der Waals surface area contributed by atoms with Gasteiger partial charge in [0.15, 0.2) is 0 Å². The molecular weight excluding hydrogens is 309 g/mol.